The van der Waals surface area contributed by atoms with Crippen LogP contribution in [0.25, 0.3) is 10.3 Å². The molecule has 0 aliphatic carbocycles. The van der Waals surface area contributed by atoms with Crippen molar-refractivity contribution in [1.82, 2.24) is 15.0 Å². The van der Waals surface area contributed by atoms with Crippen LogP contribution in [-0.2, 0) is 4.79 Å². The average molecular weight is 400 g/mol. The highest BCUT2D eigenvalue weighted by atomic mass is 32.2. The number of aromatic nitrogens is 3. The van der Waals surface area contributed by atoms with Crippen molar-refractivity contribution in [3.8, 4) is 0 Å². The normalized spacial score (nSPS) is 14.1. The Bertz CT molecular complexity index is 981. The van der Waals surface area contributed by atoms with Gasteiger partial charge in [0.05, 0.1) is 5.75 Å². The molecular weight excluding hydrogens is 378 g/mol. The molecule has 1 aromatic carbocycles. The predicted octanol–water partition coefficient (Wildman–Crippen LogP) is 4.03. The van der Waals surface area contributed by atoms with Crippen LogP contribution in [-0.4, -0.2) is 39.7 Å². The third kappa shape index (κ3) is 4.06. The van der Waals surface area contributed by atoms with Crippen LogP contribution in [0.15, 0.2) is 29.6 Å². The van der Waals surface area contributed by atoms with Crippen molar-refractivity contribution >= 4 is 50.2 Å². The topological polar surface area (TPSA) is 71.0 Å². The number of nitrogens with zero attached hydrogens (tertiary/aromatic N) is 4. The van der Waals surface area contributed by atoms with Crippen LogP contribution in [0.1, 0.15) is 24.0 Å². The molecule has 1 fully saturated rings. The maximum atomic E-state index is 12.4. The molecular formula is C19H21N5OS2. The van der Waals surface area contributed by atoms with Crippen LogP contribution in [0.5, 0.6) is 0 Å². The van der Waals surface area contributed by atoms with Gasteiger partial charge in [-0.25, -0.2) is 9.97 Å². The van der Waals surface area contributed by atoms with E-state index in [1.807, 2.05) is 32.0 Å². The van der Waals surface area contributed by atoms with Crippen molar-refractivity contribution in [2.75, 3.05) is 29.1 Å². The van der Waals surface area contributed by atoms with Gasteiger partial charge in [0, 0.05) is 18.8 Å². The standard InChI is InChI=1S/C19H21N5OS2/c1-12-5-6-13(2)14(9-12)22-15(25)10-26-18-16-17(20-11-21-18)23-19(27-16)24-7-3-4-8-24/h5-6,9,11H,3-4,7-8,10H2,1-2H3,(H,22,25). The van der Waals surface area contributed by atoms with Gasteiger partial charge < -0.3 is 10.2 Å². The first kappa shape index (κ1) is 18.2. The van der Waals surface area contributed by atoms with Crippen LogP contribution in [0, 0.1) is 13.8 Å². The zero-order valence-corrected chi connectivity index (χ0v) is 17.0. The molecule has 0 spiro atoms. The van der Waals surface area contributed by atoms with E-state index in [2.05, 4.69) is 25.2 Å². The molecule has 1 amide bonds. The molecule has 140 valence electrons. The molecule has 27 heavy (non-hydrogen) atoms. The smallest absolute Gasteiger partial charge is 0.234 e. The lowest BCUT2D eigenvalue weighted by Crippen LogP contribution is -2.16. The summed E-state index contributed by atoms with van der Waals surface area (Å²) in [6.07, 6.45) is 3.95. The molecule has 1 aliphatic heterocycles. The van der Waals surface area contributed by atoms with Gasteiger partial charge in [0.25, 0.3) is 0 Å². The lowest BCUT2D eigenvalue weighted by Gasteiger charge is -2.11. The lowest BCUT2D eigenvalue weighted by atomic mass is 10.1. The number of rotatable bonds is 5. The second-order valence-electron chi connectivity index (χ2n) is 6.68. The zero-order valence-electron chi connectivity index (χ0n) is 15.4. The second kappa shape index (κ2) is 7.82. The van der Waals surface area contributed by atoms with Crippen LogP contribution < -0.4 is 10.2 Å². The number of nitrogens with one attached hydrogen (secondary N) is 1. The van der Waals surface area contributed by atoms with Gasteiger partial charge in [0.1, 0.15) is 16.1 Å². The first-order valence-electron chi connectivity index (χ1n) is 8.96. The van der Waals surface area contributed by atoms with Crippen LogP contribution in [0.2, 0.25) is 0 Å². The molecule has 3 heterocycles. The van der Waals surface area contributed by atoms with Gasteiger partial charge >= 0.3 is 0 Å². The molecule has 8 heteroatoms. The Labute approximate surface area is 166 Å². The molecule has 1 saturated heterocycles. The van der Waals surface area contributed by atoms with E-state index >= 15 is 0 Å². The lowest BCUT2D eigenvalue weighted by molar-refractivity contribution is -0.113. The Morgan fingerprint density at radius 2 is 2.07 bits per heavy atom. The summed E-state index contributed by atoms with van der Waals surface area (Å²) in [6, 6.07) is 6.05. The van der Waals surface area contributed by atoms with Crippen LogP contribution in [0.4, 0.5) is 10.8 Å². The van der Waals surface area contributed by atoms with Crippen molar-refractivity contribution in [3.05, 3.63) is 35.7 Å². The summed E-state index contributed by atoms with van der Waals surface area (Å²) in [5.41, 5.74) is 3.76. The highest BCUT2D eigenvalue weighted by Gasteiger charge is 2.19. The van der Waals surface area contributed by atoms with E-state index in [-0.39, 0.29) is 5.91 Å². The molecule has 6 nitrogen and oxygen atoms in total. The van der Waals surface area contributed by atoms with Crippen molar-refractivity contribution in [3.63, 3.8) is 0 Å². The molecule has 0 bridgehead atoms. The van der Waals surface area contributed by atoms with Crippen molar-refractivity contribution in [2.24, 2.45) is 0 Å². The number of amides is 1. The maximum Gasteiger partial charge on any atom is 0.234 e. The third-order valence-corrected chi connectivity index (χ3v) is 6.76. The minimum atomic E-state index is -0.0373. The summed E-state index contributed by atoms with van der Waals surface area (Å²) in [5.74, 6) is 0.265. The first-order valence-corrected chi connectivity index (χ1v) is 10.8. The van der Waals surface area contributed by atoms with E-state index < -0.39 is 0 Å². The summed E-state index contributed by atoms with van der Waals surface area (Å²) < 4.78 is 0.962. The van der Waals surface area contributed by atoms with Crippen molar-refractivity contribution in [1.29, 1.82) is 0 Å². The van der Waals surface area contributed by atoms with Gasteiger partial charge in [-0.2, -0.15) is 4.98 Å². The van der Waals surface area contributed by atoms with Gasteiger partial charge in [-0.05, 0) is 43.9 Å². The molecule has 4 rings (SSSR count). The van der Waals surface area contributed by atoms with E-state index in [9.17, 15) is 4.79 Å². The molecule has 1 aliphatic rings. The summed E-state index contributed by atoms with van der Waals surface area (Å²) in [7, 11) is 0. The Morgan fingerprint density at radius 1 is 1.26 bits per heavy atom. The average Bonchev–Trinajstić information content (AvgIpc) is 3.32. The highest BCUT2D eigenvalue weighted by molar-refractivity contribution is 8.00. The summed E-state index contributed by atoms with van der Waals surface area (Å²) in [4.78, 5) is 28.0. The Balaban J connectivity index is 1.46. The Morgan fingerprint density at radius 3 is 2.89 bits per heavy atom. The SMILES string of the molecule is Cc1ccc(C)c(NC(=O)CSc2ncnc3nc(N4CCCC4)sc23)c1. The van der Waals surface area contributed by atoms with Gasteiger partial charge in [-0.1, -0.05) is 35.2 Å². The molecule has 2 aromatic heterocycles. The van der Waals surface area contributed by atoms with E-state index in [0.29, 0.717) is 11.4 Å². The van der Waals surface area contributed by atoms with Gasteiger partial charge in [-0.15, -0.1) is 0 Å². The van der Waals surface area contributed by atoms with Crippen LogP contribution >= 0.6 is 23.1 Å². The zero-order chi connectivity index (χ0) is 18.8. The Hall–Kier alpha value is -2.19. The fraction of sp³-hybridized carbons (Fsp3) is 0.368. The fourth-order valence-electron chi connectivity index (χ4n) is 3.06. The van der Waals surface area contributed by atoms with Gasteiger partial charge in [0.2, 0.25) is 5.91 Å². The molecule has 1 N–H and O–H groups in total. The molecule has 0 unspecified atom stereocenters. The van der Waals surface area contributed by atoms with Crippen molar-refractivity contribution < 1.29 is 4.79 Å². The predicted molar refractivity (Wildman–Crippen MR) is 112 cm³/mol. The number of hydrogen-bond acceptors (Lipinski definition) is 7. The first-order chi connectivity index (χ1) is 13.1. The molecule has 0 radical (unpaired) electrons. The maximum absolute atomic E-state index is 12.4. The molecule has 3 aromatic rings. The number of thiazole rings is 1. The monoisotopic (exact) mass is 399 g/mol. The summed E-state index contributed by atoms with van der Waals surface area (Å²) in [6.45, 7) is 6.11. The second-order valence-corrected chi connectivity index (χ2v) is 8.62. The summed E-state index contributed by atoms with van der Waals surface area (Å²) >= 11 is 3.05. The number of carbonyl (C=O) groups is 1. The number of anilines is 2. The fourth-order valence-corrected chi connectivity index (χ4v) is 5.00. The molecule has 0 saturated carbocycles. The Kier molecular flexibility index (Phi) is 5.27. The number of fused-ring (bicyclic) bond motifs is 1. The number of aryl methyl sites for hydroxylation is 2. The summed E-state index contributed by atoms with van der Waals surface area (Å²) in [5, 5.41) is 4.82. The number of hydrogen-bond donors (Lipinski definition) is 1. The minimum absolute atomic E-state index is 0.0373. The number of thioether (sulfide) groups is 1. The van der Waals surface area contributed by atoms with E-state index in [1.165, 1.54) is 30.9 Å². The third-order valence-electron chi connectivity index (χ3n) is 4.53. The van der Waals surface area contributed by atoms with Gasteiger partial charge in [0.15, 0.2) is 10.8 Å². The van der Waals surface area contributed by atoms with Gasteiger partial charge in [-0.3, -0.25) is 4.79 Å². The van der Waals surface area contributed by atoms with Crippen molar-refractivity contribution in [2.45, 2.75) is 31.7 Å². The number of carbonyl (C=O) groups excluding carboxylic acids is 1. The van der Waals surface area contributed by atoms with Crippen LogP contribution in [0.3, 0.4) is 0 Å². The van der Waals surface area contributed by atoms with E-state index in [4.69, 9.17) is 0 Å². The number of benzene rings is 1. The van der Waals surface area contributed by atoms with E-state index in [1.54, 1.807) is 11.3 Å². The van der Waals surface area contributed by atoms with E-state index in [0.717, 1.165) is 44.8 Å². The minimum Gasteiger partial charge on any atom is -0.348 e. The highest BCUT2D eigenvalue weighted by Crippen LogP contribution is 2.34. The largest absolute Gasteiger partial charge is 0.348 e. The quantitative estimate of drug-likeness (QED) is 0.516. The molecule has 0 atom stereocenters.